The third kappa shape index (κ3) is 1.50. The number of nitrogens with zero attached hydrogens (tertiary/aromatic N) is 4. The molecule has 1 saturated carbocycles. The quantitative estimate of drug-likeness (QED) is 0.738. The molecule has 5 heteroatoms. The lowest BCUT2D eigenvalue weighted by Gasteiger charge is -2.36. The van der Waals surface area contributed by atoms with Gasteiger partial charge in [0, 0.05) is 26.6 Å². The summed E-state index contributed by atoms with van der Waals surface area (Å²) in [6.45, 7) is 2.09. The summed E-state index contributed by atoms with van der Waals surface area (Å²) in [7, 11) is 5.46. The minimum absolute atomic E-state index is 0.0131. The van der Waals surface area contributed by atoms with Crippen molar-refractivity contribution in [2.24, 2.45) is 7.05 Å². The van der Waals surface area contributed by atoms with E-state index in [0.29, 0.717) is 11.6 Å². The Morgan fingerprint density at radius 3 is 2.38 bits per heavy atom. The first-order valence-corrected chi connectivity index (χ1v) is 5.57. The molecule has 16 heavy (non-hydrogen) atoms. The van der Waals surface area contributed by atoms with Gasteiger partial charge in [-0.1, -0.05) is 13.3 Å². The topological polar surface area (TPSA) is 51.0 Å². The fourth-order valence-corrected chi connectivity index (χ4v) is 2.17. The predicted molar refractivity (Wildman–Crippen MR) is 62.8 cm³/mol. The van der Waals surface area contributed by atoms with Crippen LogP contribution in [0.3, 0.4) is 0 Å². The van der Waals surface area contributed by atoms with E-state index in [9.17, 15) is 4.79 Å². The summed E-state index contributed by atoms with van der Waals surface area (Å²) in [5.41, 5.74) is 0.555. The van der Waals surface area contributed by atoms with Crippen LogP contribution in [0.5, 0.6) is 0 Å². The van der Waals surface area contributed by atoms with Gasteiger partial charge in [-0.05, 0) is 12.8 Å². The Kier molecular flexibility index (Phi) is 2.48. The minimum Gasteiger partial charge on any atom is -0.347 e. The van der Waals surface area contributed by atoms with E-state index in [-0.39, 0.29) is 11.0 Å². The van der Waals surface area contributed by atoms with Crippen LogP contribution in [-0.2, 0) is 12.5 Å². The first kappa shape index (κ1) is 11.1. The Bertz CT molecular complexity index is 460. The van der Waals surface area contributed by atoms with Crippen molar-refractivity contribution < 1.29 is 0 Å². The molecule has 0 aromatic carbocycles. The molecular weight excluding hydrogens is 204 g/mol. The number of anilines is 1. The van der Waals surface area contributed by atoms with Crippen molar-refractivity contribution in [2.75, 3.05) is 19.0 Å². The maximum absolute atomic E-state index is 12.2. The highest BCUT2D eigenvalue weighted by molar-refractivity contribution is 5.28. The molecule has 1 heterocycles. The smallest absolute Gasteiger partial charge is 0.277 e. The van der Waals surface area contributed by atoms with Gasteiger partial charge in [0.2, 0.25) is 5.95 Å². The lowest BCUT2D eigenvalue weighted by molar-refractivity contribution is 0.257. The molecule has 0 saturated heterocycles. The highest BCUT2D eigenvalue weighted by atomic mass is 16.1. The average Bonchev–Trinajstić information content (AvgIpc) is 2.18. The first-order valence-electron chi connectivity index (χ1n) is 5.57. The second-order valence-corrected chi connectivity index (χ2v) is 5.02. The molecule has 0 amide bonds. The molecule has 1 aromatic heterocycles. The SMILES string of the molecule is CN(C)c1nnc(C2(C)CCC2)c(=O)n1C. The standard InChI is InChI=1S/C11H18N4O/c1-11(6-5-7-11)8-9(16)15(4)10(13-12-8)14(2)3/h5-7H2,1-4H3. The van der Waals surface area contributed by atoms with Gasteiger partial charge in [0.05, 0.1) is 0 Å². The minimum atomic E-state index is -0.0489. The van der Waals surface area contributed by atoms with E-state index >= 15 is 0 Å². The molecule has 88 valence electrons. The van der Waals surface area contributed by atoms with Crippen LogP contribution in [0.1, 0.15) is 31.9 Å². The van der Waals surface area contributed by atoms with E-state index in [4.69, 9.17) is 0 Å². The van der Waals surface area contributed by atoms with Gasteiger partial charge in [-0.25, -0.2) is 0 Å². The predicted octanol–water partition coefficient (Wildman–Crippen LogP) is 0.683. The maximum Gasteiger partial charge on any atom is 0.277 e. The molecule has 0 bridgehead atoms. The monoisotopic (exact) mass is 222 g/mol. The van der Waals surface area contributed by atoms with Crippen LogP contribution in [0, 0.1) is 0 Å². The molecular formula is C11H18N4O. The zero-order chi connectivity index (χ0) is 11.9. The fraction of sp³-hybridized carbons (Fsp3) is 0.727. The van der Waals surface area contributed by atoms with Gasteiger partial charge < -0.3 is 4.90 Å². The number of rotatable bonds is 2. The molecule has 1 fully saturated rings. The summed E-state index contributed by atoms with van der Waals surface area (Å²) in [6, 6.07) is 0. The van der Waals surface area contributed by atoms with Gasteiger partial charge in [-0.3, -0.25) is 9.36 Å². The van der Waals surface area contributed by atoms with Gasteiger partial charge >= 0.3 is 0 Å². The Labute approximate surface area is 95.1 Å². The third-order valence-corrected chi connectivity index (χ3v) is 3.48. The van der Waals surface area contributed by atoms with Crippen molar-refractivity contribution in [1.29, 1.82) is 0 Å². The fourth-order valence-electron chi connectivity index (χ4n) is 2.17. The Hall–Kier alpha value is -1.39. The maximum atomic E-state index is 12.2. The van der Waals surface area contributed by atoms with Crippen molar-refractivity contribution in [3.05, 3.63) is 16.0 Å². The summed E-state index contributed by atoms with van der Waals surface area (Å²) in [6.07, 6.45) is 3.26. The van der Waals surface area contributed by atoms with E-state index in [2.05, 4.69) is 17.1 Å². The molecule has 0 spiro atoms. The highest BCUT2D eigenvalue weighted by Crippen LogP contribution is 2.40. The molecule has 1 aromatic rings. The molecule has 0 radical (unpaired) electrons. The first-order chi connectivity index (χ1) is 7.46. The van der Waals surface area contributed by atoms with Crippen LogP contribution >= 0.6 is 0 Å². The third-order valence-electron chi connectivity index (χ3n) is 3.48. The van der Waals surface area contributed by atoms with Crippen LogP contribution in [-0.4, -0.2) is 28.9 Å². The largest absolute Gasteiger partial charge is 0.347 e. The van der Waals surface area contributed by atoms with Crippen molar-refractivity contribution in [3.8, 4) is 0 Å². The van der Waals surface area contributed by atoms with Crippen molar-refractivity contribution in [1.82, 2.24) is 14.8 Å². The van der Waals surface area contributed by atoms with Crippen molar-refractivity contribution in [3.63, 3.8) is 0 Å². The van der Waals surface area contributed by atoms with Crippen LogP contribution in [0.25, 0.3) is 0 Å². The van der Waals surface area contributed by atoms with E-state index < -0.39 is 0 Å². The van der Waals surface area contributed by atoms with Crippen LogP contribution in [0.4, 0.5) is 5.95 Å². The van der Waals surface area contributed by atoms with Gasteiger partial charge in [-0.15, -0.1) is 10.2 Å². The van der Waals surface area contributed by atoms with E-state index in [1.54, 1.807) is 16.5 Å². The van der Waals surface area contributed by atoms with E-state index in [1.165, 1.54) is 6.42 Å². The molecule has 0 N–H and O–H groups in total. The van der Waals surface area contributed by atoms with E-state index in [1.807, 2.05) is 14.1 Å². The second kappa shape index (κ2) is 3.57. The average molecular weight is 222 g/mol. The normalized spacial score (nSPS) is 18.0. The van der Waals surface area contributed by atoms with Gasteiger partial charge in [0.25, 0.3) is 5.56 Å². The van der Waals surface area contributed by atoms with Crippen LogP contribution in [0.2, 0.25) is 0 Å². The number of aromatic nitrogens is 3. The summed E-state index contributed by atoms with van der Waals surface area (Å²) in [4.78, 5) is 14.0. The van der Waals surface area contributed by atoms with Crippen molar-refractivity contribution in [2.45, 2.75) is 31.6 Å². The Morgan fingerprint density at radius 1 is 1.31 bits per heavy atom. The summed E-state index contributed by atoms with van der Waals surface area (Å²) in [5, 5.41) is 8.25. The molecule has 1 aliphatic rings. The second-order valence-electron chi connectivity index (χ2n) is 5.02. The van der Waals surface area contributed by atoms with Gasteiger partial charge in [-0.2, -0.15) is 0 Å². The summed E-state index contributed by atoms with van der Waals surface area (Å²) >= 11 is 0. The zero-order valence-electron chi connectivity index (χ0n) is 10.3. The van der Waals surface area contributed by atoms with E-state index in [0.717, 1.165) is 12.8 Å². The molecule has 1 aliphatic carbocycles. The molecule has 0 unspecified atom stereocenters. The summed E-state index contributed by atoms with van der Waals surface area (Å²) < 4.78 is 1.58. The Balaban J connectivity index is 2.51. The number of hydrogen-bond acceptors (Lipinski definition) is 4. The Morgan fingerprint density at radius 2 is 1.94 bits per heavy atom. The molecule has 0 atom stereocenters. The summed E-state index contributed by atoms with van der Waals surface area (Å²) in [5.74, 6) is 0.594. The van der Waals surface area contributed by atoms with Crippen LogP contribution < -0.4 is 10.5 Å². The van der Waals surface area contributed by atoms with Gasteiger partial charge in [0.15, 0.2) is 0 Å². The van der Waals surface area contributed by atoms with Crippen LogP contribution in [0.15, 0.2) is 4.79 Å². The lowest BCUT2D eigenvalue weighted by atomic mass is 9.68. The van der Waals surface area contributed by atoms with Gasteiger partial charge in [0.1, 0.15) is 5.69 Å². The lowest BCUT2D eigenvalue weighted by Crippen LogP contribution is -2.41. The zero-order valence-corrected chi connectivity index (χ0v) is 10.3. The van der Waals surface area contributed by atoms with Crippen molar-refractivity contribution >= 4 is 5.95 Å². The number of hydrogen-bond donors (Lipinski definition) is 0. The molecule has 5 nitrogen and oxygen atoms in total. The molecule has 0 aliphatic heterocycles. The molecule has 2 rings (SSSR count). The highest BCUT2D eigenvalue weighted by Gasteiger charge is 2.38.